The summed E-state index contributed by atoms with van der Waals surface area (Å²) in [4.78, 5) is 14.1. The van der Waals surface area contributed by atoms with Crippen LogP contribution >= 0.6 is 0 Å². The van der Waals surface area contributed by atoms with Crippen LogP contribution in [0, 0.1) is 11.3 Å². The molecule has 0 saturated heterocycles. The molecule has 0 atom stereocenters. The Hall–Kier alpha value is -2.42. The molecule has 0 amide bonds. The molecule has 0 aromatic carbocycles. The van der Waals surface area contributed by atoms with Crippen LogP contribution in [0.15, 0.2) is 31.1 Å². The van der Waals surface area contributed by atoms with E-state index in [4.69, 9.17) is 5.26 Å². The van der Waals surface area contributed by atoms with E-state index < -0.39 is 0 Å². The van der Waals surface area contributed by atoms with Gasteiger partial charge >= 0.3 is 0 Å². The van der Waals surface area contributed by atoms with Crippen LogP contribution < -0.4 is 4.90 Å². The maximum atomic E-state index is 8.95. The maximum Gasteiger partial charge on any atom is 0.183 e. The Balaban J connectivity index is 1.91. The molecule has 2 heterocycles. The zero-order valence-corrected chi connectivity index (χ0v) is 10.2. The second kappa shape index (κ2) is 5.77. The van der Waals surface area contributed by atoms with Gasteiger partial charge in [-0.15, -0.1) is 0 Å². The number of aromatic nitrogens is 4. The van der Waals surface area contributed by atoms with Gasteiger partial charge in [0.15, 0.2) is 11.5 Å². The normalized spacial score (nSPS) is 10.0. The van der Waals surface area contributed by atoms with Gasteiger partial charge < -0.3 is 9.47 Å². The molecule has 2 rings (SSSR count). The Labute approximate surface area is 106 Å². The van der Waals surface area contributed by atoms with E-state index in [9.17, 15) is 0 Å². The fourth-order valence-electron chi connectivity index (χ4n) is 1.70. The van der Waals surface area contributed by atoms with Crippen LogP contribution in [0.4, 0.5) is 5.82 Å². The smallest absolute Gasteiger partial charge is 0.183 e. The fourth-order valence-corrected chi connectivity index (χ4v) is 1.70. The van der Waals surface area contributed by atoms with E-state index in [1.54, 1.807) is 18.7 Å². The zero-order chi connectivity index (χ0) is 12.8. The Morgan fingerprint density at radius 3 is 2.89 bits per heavy atom. The molecule has 0 N–H and O–H groups in total. The van der Waals surface area contributed by atoms with Crippen molar-refractivity contribution in [3.63, 3.8) is 0 Å². The summed E-state index contributed by atoms with van der Waals surface area (Å²) in [5.41, 5.74) is 0.364. The van der Waals surface area contributed by atoms with Crippen molar-refractivity contribution in [2.24, 2.45) is 0 Å². The number of hydrogen-bond acceptors (Lipinski definition) is 5. The van der Waals surface area contributed by atoms with Crippen molar-refractivity contribution in [2.75, 3.05) is 18.5 Å². The summed E-state index contributed by atoms with van der Waals surface area (Å²) in [6.07, 6.45) is 9.57. The fraction of sp³-hybridized carbons (Fsp3) is 0.333. The first-order valence-electron chi connectivity index (χ1n) is 5.69. The minimum absolute atomic E-state index is 0.364. The number of nitriles is 1. The number of rotatable bonds is 5. The molecule has 0 aliphatic heterocycles. The Morgan fingerprint density at radius 2 is 2.17 bits per heavy atom. The summed E-state index contributed by atoms with van der Waals surface area (Å²) in [6, 6.07) is 2.05. The van der Waals surface area contributed by atoms with E-state index in [1.807, 2.05) is 28.8 Å². The molecule has 0 aliphatic rings. The average molecular weight is 242 g/mol. The number of imidazole rings is 1. The van der Waals surface area contributed by atoms with Gasteiger partial charge in [0.05, 0.1) is 6.33 Å². The Bertz CT molecular complexity index is 528. The van der Waals surface area contributed by atoms with Gasteiger partial charge in [-0.25, -0.2) is 15.0 Å². The summed E-state index contributed by atoms with van der Waals surface area (Å²) in [7, 11) is 1.92. The van der Waals surface area contributed by atoms with Crippen LogP contribution in [0.25, 0.3) is 0 Å². The highest BCUT2D eigenvalue weighted by Gasteiger charge is 2.08. The largest absolute Gasteiger partial charge is 0.357 e. The van der Waals surface area contributed by atoms with Crippen LogP contribution in [-0.2, 0) is 6.54 Å². The van der Waals surface area contributed by atoms with Crippen molar-refractivity contribution in [3.05, 3.63) is 36.8 Å². The average Bonchev–Trinajstić information content (AvgIpc) is 2.91. The van der Waals surface area contributed by atoms with Crippen molar-refractivity contribution >= 4 is 5.82 Å². The second-order valence-electron chi connectivity index (χ2n) is 3.92. The molecule has 0 unspecified atom stereocenters. The van der Waals surface area contributed by atoms with Crippen molar-refractivity contribution < 1.29 is 0 Å². The Morgan fingerprint density at radius 1 is 1.33 bits per heavy atom. The predicted molar refractivity (Wildman–Crippen MR) is 66.9 cm³/mol. The van der Waals surface area contributed by atoms with Gasteiger partial charge in [-0.05, 0) is 6.42 Å². The predicted octanol–water partition coefficient (Wildman–Crippen LogP) is 1.07. The minimum atomic E-state index is 0.364. The molecule has 0 saturated carbocycles. The molecule has 0 spiro atoms. The van der Waals surface area contributed by atoms with Gasteiger partial charge in [-0.3, -0.25) is 0 Å². The SMILES string of the molecule is CN(CCCn1ccnc1)c1nccnc1C#N. The van der Waals surface area contributed by atoms with E-state index in [1.165, 1.54) is 6.20 Å². The number of aryl methyl sites for hydroxylation is 1. The van der Waals surface area contributed by atoms with E-state index in [0.717, 1.165) is 19.5 Å². The highest BCUT2D eigenvalue weighted by molar-refractivity contribution is 5.48. The molecular weight excluding hydrogens is 228 g/mol. The first-order chi connectivity index (χ1) is 8.81. The number of nitrogens with zero attached hydrogens (tertiary/aromatic N) is 6. The van der Waals surface area contributed by atoms with Gasteiger partial charge in [0.2, 0.25) is 0 Å². The lowest BCUT2D eigenvalue weighted by Crippen LogP contribution is -2.22. The third-order valence-electron chi connectivity index (χ3n) is 2.62. The summed E-state index contributed by atoms with van der Waals surface area (Å²) < 4.78 is 2.02. The summed E-state index contributed by atoms with van der Waals surface area (Å²) in [5.74, 6) is 0.630. The lowest BCUT2D eigenvalue weighted by atomic mass is 10.3. The van der Waals surface area contributed by atoms with E-state index in [0.29, 0.717) is 11.5 Å². The molecule has 2 aromatic heterocycles. The molecule has 6 nitrogen and oxygen atoms in total. The van der Waals surface area contributed by atoms with Gasteiger partial charge in [0.25, 0.3) is 0 Å². The monoisotopic (exact) mass is 242 g/mol. The number of hydrogen-bond donors (Lipinski definition) is 0. The molecule has 6 heteroatoms. The molecule has 18 heavy (non-hydrogen) atoms. The summed E-state index contributed by atoms with van der Waals surface area (Å²) in [5, 5.41) is 8.95. The first-order valence-corrected chi connectivity index (χ1v) is 5.69. The van der Waals surface area contributed by atoms with Crippen molar-refractivity contribution in [2.45, 2.75) is 13.0 Å². The lowest BCUT2D eigenvalue weighted by Gasteiger charge is -2.18. The highest BCUT2D eigenvalue weighted by Crippen LogP contribution is 2.12. The zero-order valence-electron chi connectivity index (χ0n) is 10.2. The van der Waals surface area contributed by atoms with Gasteiger partial charge in [-0.1, -0.05) is 0 Å². The van der Waals surface area contributed by atoms with E-state index >= 15 is 0 Å². The Kier molecular flexibility index (Phi) is 3.86. The van der Waals surface area contributed by atoms with Gasteiger partial charge in [0, 0.05) is 44.9 Å². The third kappa shape index (κ3) is 2.83. The molecule has 0 bridgehead atoms. The molecule has 92 valence electrons. The van der Waals surface area contributed by atoms with Crippen molar-refractivity contribution in [3.8, 4) is 6.07 Å². The van der Waals surface area contributed by atoms with Crippen LogP contribution in [0.2, 0.25) is 0 Å². The van der Waals surface area contributed by atoms with Crippen molar-refractivity contribution in [1.82, 2.24) is 19.5 Å². The maximum absolute atomic E-state index is 8.95. The van der Waals surface area contributed by atoms with Gasteiger partial charge in [-0.2, -0.15) is 5.26 Å². The van der Waals surface area contributed by atoms with Crippen LogP contribution in [0.3, 0.4) is 0 Å². The summed E-state index contributed by atoms with van der Waals surface area (Å²) >= 11 is 0. The quantitative estimate of drug-likeness (QED) is 0.784. The molecular formula is C12H14N6. The van der Waals surface area contributed by atoms with Crippen LogP contribution in [-0.4, -0.2) is 33.1 Å². The van der Waals surface area contributed by atoms with E-state index in [2.05, 4.69) is 15.0 Å². The topological polar surface area (TPSA) is 70.6 Å². The van der Waals surface area contributed by atoms with Crippen molar-refractivity contribution in [1.29, 1.82) is 5.26 Å². The third-order valence-corrected chi connectivity index (χ3v) is 2.62. The lowest BCUT2D eigenvalue weighted by molar-refractivity contribution is 0.635. The molecule has 0 aliphatic carbocycles. The number of anilines is 1. The second-order valence-corrected chi connectivity index (χ2v) is 3.92. The first kappa shape index (κ1) is 12.0. The van der Waals surface area contributed by atoms with Crippen LogP contribution in [0.5, 0.6) is 0 Å². The molecule has 2 aromatic rings. The summed E-state index contributed by atoms with van der Waals surface area (Å²) in [6.45, 7) is 1.71. The van der Waals surface area contributed by atoms with E-state index in [-0.39, 0.29) is 0 Å². The standard InChI is InChI=1S/C12H14N6/c1-17(6-2-7-18-8-5-14-10-18)12-11(9-13)15-3-4-16-12/h3-5,8,10H,2,6-7H2,1H3. The molecule has 0 radical (unpaired) electrons. The molecule has 0 fully saturated rings. The van der Waals surface area contributed by atoms with Crippen LogP contribution in [0.1, 0.15) is 12.1 Å². The highest BCUT2D eigenvalue weighted by atomic mass is 15.2. The van der Waals surface area contributed by atoms with Gasteiger partial charge in [0.1, 0.15) is 6.07 Å². The minimum Gasteiger partial charge on any atom is -0.357 e.